The zero-order chi connectivity index (χ0) is 24.1. The molecule has 1 fully saturated rings. The Labute approximate surface area is 209 Å². The number of aromatic nitrogens is 2. The molecule has 12 heteroatoms. The minimum atomic E-state index is -3.61. The molecule has 0 atom stereocenters. The summed E-state index contributed by atoms with van der Waals surface area (Å²) in [6.07, 6.45) is 2.13. The molecule has 1 aromatic heterocycles. The first kappa shape index (κ1) is 24.5. The summed E-state index contributed by atoms with van der Waals surface area (Å²) in [5, 5.41) is 14.5. The van der Waals surface area contributed by atoms with Crippen molar-refractivity contribution in [3.05, 3.63) is 69.1 Å². The quantitative estimate of drug-likeness (QED) is 0.433. The van der Waals surface area contributed by atoms with Crippen LogP contribution in [0.2, 0.25) is 0 Å². The highest BCUT2D eigenvalue weighted by Gasteiger charge is 2.27. The maximum absolute atomic E-state index is 12.8. The predicted molar refractivity (Wildman–Crippen MR) is 132 cm³/mol. The third kappa shape index (κ3) is 5.87. The van der Waals surface area contributed by atoms with E-state index in [9.17, 15) is 18.0 Å². The number of hydrogen-bond acceptors (Lipinski definition) is 7. The number of amides is 2. The number of nitrogens with zero attached hydrogens (tertiary/aromatic N) is 3. The van der Waals surface area contributed by atoms with E-state index in [1.165, 1.54) is 27.8 Å². The average molecular weight is 564 g/mol. The summed E-state index contributed by atoms with van der Waals surface area (Å²) in [6, 6.07) is 13.1. The minimum absolute atomic E-state index is 0.0983. The standard InChI is InChI=1S/C22H22BrN5O4S2/c23-17-7-3-5-15(13-17)20(29)24-10-9-19-26-27-22(33-19)25-21(30)16-6-4-8-18(14-16)34(31,32)28-11-1-2-12-28/h3-8,13-14H,1-2,9-12H2,(H,24,29)(H,25,27,30). The Hall–Kier alpha value is -2.67. The molecule has 1 saturated heterocycles. The molecule has 0 aliphatic carbocycles. The molecular formula is C22H22BrN5O4S2. The summed E-state index contributed by atoms with van der Waals surface area (Å²) in [5.41, 5.74) is 0.770. The van der Waals surface area contributed by atoms with E-state index in [1.54, 1.807) is 30.3 Å². The molecular weight excluding hydrogens is 542 g/mol. The van der Waals surface area contributed by atoms with Crippen LogP contribution in [0.3, 0.4) is 0 Å². The number of rotatable bonds is 8. The van der Waals surface area contributed by atoms with Gasteiger partial charge in [0.25, 0.3) is 11.8 Å². The van der Waals surface area contributed by atoms with Gasteiger partial charge in [-0.2, -0.15) is 4.31 Å². The van der Waals surface area contributed by atoms with Gasteiger partial charge in [-0.15, -0.1) is 10.2 Å². The molecule has 2 amide bonds. The number of nitrogens with one attached hydrogen (secondary N) is 2. The molecule has 1 aliphatic rings. The average Bonchev–Trinajstić information content (AvgIpc) is 3.52. The number of carbonyl (C=O) groups is 2. The molecule has 0 radical (unpaired) electrons. The Morgan fingerprint density at radius 2 is 1.71 bits per heavy atom. The van der Waals surface area contributed by atoms with Crippen molar-refractivity contribution in [2.45, 2.75) is 24.2 Å². The lowest BCUT2D eigenvalue weighted by Crippen LogP contribution is -2.28. The fourth-order valence-electron chi connectivity index (χ4n) is 3.46. The second-order valence-electron chi connectivity index (χ2n) is 7.61. The lowest BCUT2D eigenvalue weighted by molar-refractivity contribution is 0.0953. The topological polar surface area (TPSA) is 121 Å². The van der Waals surface area contributed by atoms with Crippen molar-refractivity contribution >= 4 is 54.2 Å². The van der Waals surface area contributed by atoms with Gasteiger partial charge in [-0.3, -0.25) is 14.9 Å². The number of hydrogen-bond donors (Lipinski definition) is 2. The first-order valence-electron chi connectivity index (χ1n) is 10.6. The highest BCUT2D eigenvalue weighted by Crippen LogP contribution is 2.22. The van der Waals surface area contributed by atoms with Crippen molar-refractivity contribution in [1.82, 2.24) is 19.8 Å². The summed E-state index contributed by atoms with van der Waals surface area (Å²) < 4.78 is 27.8. The third-order valence-electron chi connectivity index (χ3n) is 5.20. The number of carbonyl (C=O) groups excluding carboxylic acids is 2. The van der Waals surface area contributed by atoms with Crippen LogP contribution in [0.1, 0.15) is 38.6 Å². The molecule has 0 spiro atoms. The van der Waals surface area contributed by atoms with Gasteiger partial charge in [-0.1, -0.05) is 39.4 Å². The van der Waals surface area contributed by atoms with Crippen LogP contribution < -0.4 is 10.6 Å². The van der Waals surface area contributed by atoms with Crippen LogP contribution >= 0.6 is 27.3 Å². The molecule has 0 saturated carbocycles. The van der Waals surface area contributed by atoms with Crippen molar-refractivity contribution in [2.75, 3.05) is 25.0 Å². The number of anilines is 1. The van der Waals surface area contributed by atoms with Crippen molar-refractivity contribution in [2.24, 2.45) is 0 Å². The van der Waals surface area contributed by atoms with Crippen LogP contribution in [-0.2, 0) is 16.4 Å². The van der Waals surface area contributed by atoms with E-state index in [2.05, 4.69) is 36.8 Å². The first-order chi connectivity index (χ1) is 16.3. The van der Waals surface area contributed by atoms with Crippen LogP contribution in [0.15, 0.2) is 57.9 Å². The highest BCUT2D eigenvalue weighted by molar-refractivity contribution is 9.10. The van der Waals surface area contributed by atoms with Crippen LogP contribution in [0.5, 0.6) is 0 Å². The van der Waals surface area contributed by atoms with Crippen molar-refractivity contribution in [1.29, 1.82) is 0 Å². The molecule has 0 bridgehead atoms. The van der Waals surface area contributed by atoms with E-state index in [0.29, 0.717) is 41.8 Å². The van der Waals surface area contributed by atoms with Crippen LogP contribution in [0, 0.1) is 0 Å². The van der Waals surface area contributed by atoms with Gasteiger partial charge in [-0.25, -0.2) is 8.42 Å². The van der Waals surface area contributed by atoms with Crippen LogP contribution in [-0.4, -0.2) is 54.4 Å². The van der Waals surface area contributed by atoms with E-state index in [4.69, 9.17) is 0 Å². The minimum Gasteiger partial charge on any atom is -0.352 e. The van der Waals surface area contributed by atoms with Gasteiger partial charge in [0.15, 0.2) is 0 Å². The molecule has 9 nitrogen and oxygen atoms in total. The summed E-state index contributed by atoms with van der Waals surface area (Å²) in [6.45, 7) is 1.36. The molecule has 1 aliphatic heterocycles. The van der Waals surface area contributed by atoms with Crippen molar-refractivity contribution in [3.8, 4) is 0 Å². The highest BCUT2D eigenvalue weighted by atomic mass is 79.9. The Kier molecular flexibility index (Phi) is 7.71. The summed E-state index contributed by atoms with van der Waals surface area (Å²) in [5.74, 6) is -0.660. The van der Waals surface area contributed by atoms with Crippen molar-refractivity contribution in [3.63, 3.8) is 0 Å². The smallest absolute Gasteiger partial charge is 0.257 e. The molecule has 178 valence electrons. The molecule has 2 heterocycles. The normalized spacial score (nSPS) is 14.1. The van der Waals surface area contributed by atoms with E-state index in [1.807, 2.05) is 6.07 Å². The van der Waals surface area contributed by atoms with Gasteiger partial charge in [0, 0.05) is 41.7 Å². The molecule has 2 aromatic carbocycles. The van der Waals surface area contributed by atoms with Gasteiger partial charge < -0.3 is 5.32 Å². The van der Waals surface area contributed by atoms with Gasteiger partial charge in [-0.05, 0) is 49.2 Å². The van der Waals surface area contributed by atoms with Crippen LogP contribution in [0.4, 0.5) is 5.13 Å². The lowest BCUT2D eigenvalue weighted by Gasteiger charge is -2.15. The summed E-state index contributed by atoms with van der Waals surface area (Å²) in [7, 11) is -3.61. The van der Waals surface area contributed by atoms with Gasteiger partial charge in [0.2, 0.25) is 15.2 Å². The first-order valence-corrected chi connectivity index (χ1v) is 13.7. The summed E-state index contributed by atoms with van der Waals surface area (Å²) >= 11 is 4.54. The molecule has 4 rings (SSSR count). The Bertz CT molecular complexity index is 1310. The molecule has 3 aromatic rings. The SMILES string of the molecule is O=C(NCCc1nnc(NC(=O)c2cccc(S(=O)(=O)N3CCCC3)c2)s1)c1cccc(Br)c1. The Morgan fingerprint density at radius 3 is 2.44 bits per heavy atom. The monoisotopic (exact) mass is 563 g/mol. The van der Waals surface area contributed by atoms with Crippen LogP contribution in [0.25, 0.3) is 0 Å². The van der Waals surface area contributed by atoms with Gasteiger partial charge in [0.05, 0.1) is 4.90 Å². The maximum Gasteiger partial charge on any atom is 0.257 e. The number of sulfonamides is 1. The zero-order valence-electron chi connectivity index (χ0n) is 18.0. The number of halogens is 1. The molecule has 0 unspecified atom stereocenters. The van der Waals surface area contributed by atoms with Crippen molar-refractivity contribution < 1.29 is 18.0 Å². The fraction of sp³-hybridized carbons (Fsp3) is 0.273. The number of benzene rings is 2. The predicted octanol–water partition coefficient (Wildman–Crippen LogP) is 3.31. The van der Waals surface area contributed by atoms with Gasteiger partial charge in [0.1, 0.15) is 5.01 Å². The Balaban J connectivity index is 1.33. The third-order valence-corrected chi connectivity index (χ3v) is 8.48. The zero-order valence-corrected chi connectivity index (χ0v) is 21.2. The van der Waals surface area contributed by atoms with E-state index >= 15 is 0 Å². The largest absolute Gasteiger partial charge is 0.352 e. The van der Waals surface area contributed by atoms with E-state index in [0.717, 1.165) is 17.3 Å². The molecule has 34 heavy (non-hydrogen) atoms. The Morgan fingerprint density at radius 1 is 1.00 bits per heavy atom. The second-order valence-corrected chi connectivity index (χ2v) is 11.5. The molecule has 2 N–H and O–H groups in total. The van der Waals surface area contributed by atoms with E-state index in [-0.39, 0.29) is 16.4 Å². The second kappa shape index (κ2) is 10.7. The van der Waals surface area contributed by atoms with Gasteiger partial charge >= 0.3 is 0 Å². The lowest BCUT2D eigenvalue weighted by atomic mass is 10.2. The van der Waals surface area contributed by atoms with E-state index < -0.39 is 15.9 Å². The fourth-order valence-corrected chi connectivity index (χ4v) is 6.16. The summed E-state index contributed by atoms with van der Waals surface area (Å²) in [4.78, 5) is 25.0. The maximum atomic E-state index is 12.8.